The maximum Gasteiger partial charge on any atom is 0.228 e. The van der Waals surface area contributed by atoms with E-state index < -0.39 is 0 Å². The quantitative estimate of drug-likeness (QED) is 0.580. The molecule has 5 rings (SSSR count). The van der Waals surface area contributed by atoms with Crippen molar-refractivity contribution in [2.75, 3.05) is 41.7 Å². The predicted octanol–water partition coefficient (Wildman–Crippen LogP) is 4.27. The molecule has 8 nitrogen and oxygen atoms in total. The van der Waals surface area contributed by atoms with Crippen molar-refractivity contribution >= 4 is 40.5 Å². The fourth-order valence-corrected chi connectivity index (χ4v) is 4.84. The summed E-state index contributed by atoms with van der Waals surface area (Å²) in [5.74, 6) is 0.344. The number of fused-ring (bicyclic) bond motifs is 3. The zero-order chi connectivity index (χ0) is 23.8. The van der Waals surface area contributed by atoms with Crippen LogP contribution < -0.4 is 15.5 Å². The average molecular weight is 478 g/mol. The van der Waals surface area contributed by atoms with Crippen LogP contribution in [0.1, 0.15) is 25.1 Å². The number of nitrogens with one attached hydrogen (secondary N) is 2. The number of piperazine rings is 1. The lowest BCUT2D eigenvalue weighted by Crippen LogP contribution is -2.51. The number of hydrogen-bond acceptors (Lipinski definition) is 7. The van der Waals surface area contributed by atoms with Gasteiger partial charge in [0, 0.05) is 48.0 Å². The minimum Gasteiger partial charge on any atom is -0.367 e. The van der Waals surface area contributed by atoms with E-state index in [1.54, 1.807) is 18.3 Å². The molecule has 176 valence electrons. The first-order valence-corrected chi connectivity index (χ1v) is 12.0. The molecule has 1 amide bonds. The van der Waals surface area contributed by atoms with Gasteiger partial charge in [0.1, 0.15) is 0 Å². The van der Waals surface area contributed by atoms with Crippen LogP contribution in [0.25, 0.3) is 11.3 Å². The maximum atomic E-state index is 12.3. The molecule has 34 heavy (non-hydrogen) atoms. The molecule has 2 N–H and O–H groups in total. The number of carbonyl (C=O) groups is 1. The van der Waals surface area contributed by atoms with Gasteiger partial charge in [0.15, 0.2) is 0 Å². The zero-order valence-electron chi connectivity index (χ0n) is 19.6. The van der Waals surface area contributed by atoms with Gasteiger partial charge in [0.25, 0.3) is 0 Å². The molecule has 9 heteroatoms. The summed E-state index contributed by atoms with van der Waals surface area (Å²) in [6, 6.07) is 8.03. The number of hydrogen-bond donors (Lipinski definition) is 2. The van der Waals surface area contributed by atoms with Crippen LogP contribution in [0.15, 0.2) is 36.7 Å². The number of aryl methyl sites for hydroxylation is 1. The van der Waals surface area contributed by atoms with Crippen LogP contribution in [-0.4, -0.2) is 58.0 Å². The Morgan fingerprint density at radius 3 is 2.85 bits per heavy atom. The van der Waals surface area contributed by atoms with Crippen molar-refractivity contribution in [1.29, 1.82) is 0 Å². The molecule has 2 aromatic heterocycles. The van der Waals surface area contributed by atoms with Gasteiger partial charge in [-0.2, -0.15) is 0 Å². The van der Waals surface area contributed by atoms with Gasteiger partial charge in [-0.25, -0.2) is 9.97 Å². The lowest BCUT2D eigenvalue weighted by molar-refractivity contribution is -0.115. The lowest BCUT2D eigenvalue weighted by atomic mass is 10.1. The summed E-state index contributed by atoms with van der Waals surface area (Å²) in [5, 5.41) is 6.82. The number of aromatic nitrogens is 3. The van der Waals surface area contributed by atoms with Crippen LogP contribution >= 0.6 is 11.6 Å². The van der Waals surface area contributed by atoms with Crippen molar-refractivity contribution in [2.45, 2.75) is 33.2 Å². The Bertz CT molecular complexity index is 1250. The number of rotatable bonds is 4. The van der Waals surface area contributed by atoms with E-state index in [1.165, 1.54) is 0 Å². The molecular weight excluding hydrogens is 450 g/mol. The van der Waals surface area contributed by atoms with E-state index in [0.717, 1.165) is 54.4 Å². The maximum absolute atomic E-state index is 12.3. The highest BCUT2D eigenvalue weighted by Crippen LogP contribution is 2.35. The summed E-state index contributed by atoms with van der Waals surface area (Å²) in [6.07, 6.45) is 3.86. The molecule has 1 fully saturated rings. The highest BCUT2D eigenvalue weighted by molar-refractivity contribution is 6.31. The molecule has 0 saturated carbocycles. The number of carbonyl (C=O) groups excluding carboxylic acids is 1. The minimum atomic E-state index is -0.114. The summed E-state index contributed by atoms with van der Waals surface area (Å²) in [7, 11) is 0. The molecule has 1 saturated heterocycles. The summed E-state index contributed by atoms with van der Waals surface area (Å²) in [5.41, 5.74) is 5.78. The number of amides is 1. The van der Waals surface area contributed by atoms with Gasteiger partial charge in [-0.1, -0.05) is 18.5 Å². The van der Waals surface area contributed by atoms with Crippen molar-refractivity contribution in [3.63, 3.8) is 0 Å². The molecule has 0 bridgehead atoms. The number of nitrogens with zero attached hydrogens (tertiary/aromatic N) is 5. The first-order chi connectivity index (χ1) is 16.4. The smallest absolute Gasteiger partial charge is 0.228 e. The van der Waals surface area contributed by atoms with Gasteiger partial charge in [-0.05, 0) is 44.7 Å². The second-order valence-corrected chi connectivity index (χ2v) is 9.29. The standard InChI is InChI=1S/C25H28ClN7O/c1-4-32-7-8-33(14-15(32)2)19-11-21(16(3)27-13-19)30-25-28-12-17-9-23(34)29-22-10-18(26)5-6-20(22)24(17)31-25/h5-6,10-13,15H,4,7-9,14H2,1-3H3,(H,29,34)(H,28,30,31)/t15-/m0/s1. The summed E-state index contributed by atoms with van der Waals surface area (Å²) >= 11 is 6.15. The Morgan fingerprint density at radius 1 is 1.21 bits per heavy atom. The van der Waals surface area contributed by atoms with E-state index in [1.807, 2.05) is 19.2 Å². The first kappa shape index (κ1) is 22.6. The largest absolute Gasteiger partial charge is 0.367 e. The third-order valence-electron chi connectivity index (χ3n) is 6.58. The van der Waals surface area contributed by atoms with Crippen molar-refractivity contribution in [3.8, 4) is 11.3 Å². The van der Waals surface area contributed by atoms with Crippen molar-refractivity contribution in [3.05, 3.63) is 52.9 Å². The Kier molecular flexibility index (Phi) is 6.10. The number of likely N-dealkylation sites (N-methyl/N-ethyl adjacent to an activating group) is 1. The molecular formula is C25H28ClN7O. The number of benzene rings is 1. The van der Waals surface area contributed by atoms with Crippen LogP contribution in [0.4, 0.5) is 23.0 Å². The predicted molar refractivity (Wildman–Crippen MR) is 136 cm³/mol. The fourth-order valence-electron chi connectivity index (χ4n) is 4.66. The zero-order valence-corrected chi connectivity index (χ0v) is 20.4. The third-order valence-corrected chi connectivity index (χ3v) is 6.82. The van der Waals surface area contributed by atoms with Crippen molar-refractivity contribution in [1.82, 2.24) is 19.9 Å². The molecule has 1 aromatic carbocycles. The van der Waals surface area contributed by atoms with Crippen LogP contribution in [0.3, 0.4) is 0 Å². The van der Waals surface area contributed by atoms with E-state index in [4.69, 9.17) is 16.6 Å². The molecule has 2 aliphatic rings. The monoisotopic (exact) mass is 477 g/mol. The highest BCUT2D eigenvalue weighted by atomic mass is 35.5. The van der Waals surface area contributed by atoms with Crippen LogP contribution in [0.2, 0.25) is 5.02 Å². The third kappa shape index (κ3) is 4.43. The number of pyridine rings is 1. The van der Waals surface area contributed by atoms with E-state index in [9.17, 15) is 4.79 Å². The van der Waals surface area contributed by atoms with Gasteiger partial charge < -0.3 is 15.5 Å². The number of halogens is 1. The van der Waals surface area contributed by atoms with E-state index in [0.29, 0.717) is 28.4 Å². The Labute approximate surface area is 204 Å². The van der Waals surface area contributed by atoms with Gasteiger partial charge in [0.2, 0.25) is 11.9 Å². The van der Waals surface area contributed by atoms with Gasteiger partial charge in [0.05, 0.1) is 41.1 Å². The van der Waals surface area contributed by atoms with Crippen molar-refractivity contribution in [2.24, 2.45) is 0 Å². The van der Waals surface area contributed by atoms with E-state index in [-0.39, 0.29) is 12.3 Å². The summed E-state index contributed by atoms with van der Waals surface area (Å²) in [6.45, 7) is 10.5. The highest BCUT2D eigenvalue weighted by Gasteiger charge is 2.24. The van der Waals surface area contributed by atoms with Gasteiger partial charge >= 0.3 is 0 Å². The Morgan fingerprint density at radius 2 is 2.06 bits per heavy atom. The molecule has 3 aromatic rings. The van der Waals surface area contributed by atoms with Crippen LogP contribution in [0, 0.1) is 6.92 Å². The molecule has 0 radical (unpaired) electrons. The van der Waals surface area contributed by atoms with Crippen LogP contribution in [-0.2, 0) is 11.2 Å². The molecule has 0 aliphatic carbocycles. The average Bonchev–Trinajstić information content (AvgIpc) is 2.95. The lowest BCUT2D eigenvalue weighted by Gasteiger charge is -2.40. The van der Waals surface area contributed by atoms with E-state index in [2.05, 4.69) is 50.3 Å². The molecule has 4 heterocycles. The molecule has 0 unspecified atom stereocenters. The number of anilines is 4. The summed E-state index contributed by atoms with van der Waals surface area (Å²) < 4.78 is 0. The normalized spacial score (nSPS) is 18.1. The first-order valence-electron chi connectivity index (χ1n) is 11.6. The minimum absolute atomic E-state index is 0.114. The topological polar surface area (TPSA) is 86.3 Å². The van der Waals surface area contributed by atoms with Gasteiger partial charge in [-0.15, -0.1) is 0 Å². The molecule has 0 spiro atoms. The van der Waals surface area contributed by atoms with E-state index >= 15 is 0 Å². The molecule has 2 aliphatic heterocycles. The van der Waals surface area contributed by atoms with Crippen LogP contribution in [0.5, 0.6) is 0 Å². The Hall–Kier alpha value is -3.23. The van der Waals surface area contributed by atoms with Gasteiger partial charge in [-0.3, -0.25) is 14.7 Å². The second kappa shape index (κ2) is 9.19. The molecule has 1 atom stereocenters. The SMILES string of the molecule is CCN1CCN(c2cnc(C)c(Nc3ncc4c(n3)-c3ccc(Cl)cc3NC(=O)C4)c2)C[C@@H]1C. The van der Waals surface area contributed by atoms with Crippen molar-refractivity contribution < 1.29 is 4.79 Å². The fraction of sp³-hybridized carbons (Fsp3) is 0.360. The summed E-state index contributed by atoms with van der Waals surface area (Å²) in [4.78, 5) is 31.1. The Balaban J connectivity index is 1.44. The second-order valence-electron chi connectivity index (χ2n) is 8.86.